The number of carbonyl (C=O) groups is 1. The molecule has 1 saturated carbocycles. The van der Waals surface area contributed by atoms with Gasteiger partial charge in [0.25, 0.3) is 0 Å². The van der Waals surface area contributed by atoms with Crippen LogP contribution >= 0.6 is 23.4 Å². The first-order valence-corrected chi connectivity index (χ1v) is 8.45. The minimum Gasteiger partial charge on any atom is -0.393 e. The molecule has 1 aliphatic carbocycles. The predicted molar refractivity (Wildman–Crippen MR) is 84.0 cm³/mol. The van der Waals surface area contributed by atoms with E-state index in [1.54, 1.807) is 11.8 Å². The predicted octanol–water partition coefficient (Wildman–Crippen LogP) is 2.85. The third kappa shape index (κ3) is 5.00. The van der Waals surface area contributed by atoms with Gasteiger partial charge in [0.1, 0.15) is 0 Å². The number of halogens is 1. The van der Waals surface area contributed by atoms with Crippen LogP contribution in [0.3, 0.4) is 0 Å². The van der Waals surface area contributed by atoms with Crippen LogP contribution in [0.1, 0.15) is 24.8 Å². The Kier molecular flexibility index (Phi) is 6.20. The number of carbonyl (C=O) groups excluding carboxylic acids is 1. The number of hydrogen-bond acceptors (Lipinski definition) is 3. The molecule has 0 saturated heterocycles. The zero-order valence-electron chi connectivity index (χ0n) is 11.3. The molecule has 3 nitrogen and oxygen atoms in total. The van der Waals surface area contributed by atoms with Crippen molar-refractivity contribution in [3.63, 3.8) is 0 Å². The van der Waals surface area contributed by atoms with Gasteiger partial charge in [0.05, 0.1) is 11.9 Å². The molecule has 2 unspecified atom stereocenters. The zero-order valence-corrected chi connectivity index (χ0v) is 12.9. The summed E-state index contributed by atoms with van der Waals surface area (Å²) in [7, 11) is 0. The van der Waals surface area contributed by atoms with Crippen molar-refractivity contribution in [1.29, 1.82) is 0 Å². The highest BCUT2D eigenvalue weighted by Gasteiger charge is 2.25. The van der Waals surface area contributed by atoms with E-state index in [0.717, 1.165) is 30.0 Å². The normalized spacial score (nSPS) is 21.9. The van der Waals surface area contributed by atoms with Crippen LogP contribution in [-0.2, 0) is 10.5 Å². The average molecular weight is 314 g/mol. The minimum absolute atomic E-state index is 0.0445. The number of hydrogen-bond donors (Lipinski definition) is 2. The van der Waals surface area contributed by atoms with Gasteiger partial charge in [-0.3, -0.25) is 4.79 Å². The Balaban J connectivity index is 1.61. The van der Waals surface area contributed by atoms with E-state index in [-0.39, 0.29) is 17.9 Å². The van der Waals surface area contributed by atoms with Gasteiger partial charge < -0.3 is 10.4 Å². The number of thioether (sulfide) groups is 1. The Morgan fingerprint density at radius 1 is 1.35 bits per heavy atom. The number of aliphatic hydroxyl groups is 1. The molecule has 0 radical (unpaired) electrons. The van der Waals surface area contributed by atoms with Crippen LogP contribution in [0.2, 0.25) is 5.02 Å². The molecule has 0 aliphatic heterocycles. The lowest BCUT2D eigenvalue weighted by Gasteiger charge is -2.14. The van der Waals surface area contributed by atoms with E-state index in [1.807, 2.05) is 24.3 Å². The molecule has 110 valence electrons. The Hall–Kier alpha value is -0.710. The average Bonchev–Trinajstić information content (AvgIpc) is 2.84. The molecule has 1 aromatic rings. The summed E-state index contributed by atoms with van der Waals surface area (Å²) in [6.45, 7) is 0.599. The van der Waals surface area contributed by atoms with E-state index < -0.39 is 0 Å². The van der Waals surface area contributed by atoms with E-state index >= 15 is 0 Å². The molecule has 0 heterocycles. The van der Waals surface area contributed by atoms with Gasteiger partial charge in [0, 0.05) is 23.2 Å². The van der Waals surface area contributed by atoms with Crippen molar-refractivity contribution in [1.82, 2.24) is 5.32 Å². The van der Waals surface area contributed by atoms with Gasteiger partial charge >= 0.3 is 0 Å². The van der Waals surface area contributed by atoms with Crippen molar-refractivity contribution >= 4 is 29.3 Å². The summed E-state index contributed by atoms with van der Waals surface area (Å²) in [6.07, 6.45) is 2.70. The Morgan fingerprint density at radius 3 is 2.75 bits per heavy atom. The van der Waals surface area contributed by atoms with Crippen molar-refractivity contribution in [2.24, 2.45) is 5.92 Å². The fraction of sp³-hybridized carbons (Fsp3) is 0.533. The third-order valence-corrected chi connectivity index (χ3v) is 4.85. The van der Waals surface area contributed by atoms with Crippen LogP contribution in [0.15, 0.2) is 24.3 Å². The molecule has 1 aliphatic rings. The van der Waals surface area contributed by atoms with E-state index in [9.17, 15) is 9.90 Å². The number of benzene rings is 1. The SMILES string of the molecule is O=C(CSCc1ccc(Cl)cc1)NCC1CCCC1O. The second-order valence-electron chi connectivity index (χ2n) is 5.18. The summed E-state index contributed by atoms with van der Waals surface area (Å²) in [5, 5.41) is 13.3. The van der Waals surface area contributed by atoms with Crippen LogP contribution in [0.25, 0.3) is 0 Å². The summed E-state index contributed by atoms with van der Waals surface area (Å²) in [5.41, 5.74) is 1.17. The highest BCUT2D eigenvalue weighted by molar-refractivity contribution is 7.99. The molecule has 2 atom stereocenters. The Labute approximate surface area is 129 Å². The Bertz CT molecular complexity index is 438. The highest BCUT2D eigenvalue weighted by atomic mass is 35.5. The second kappa shape index (κ2) is 7.91. The van der Waals surface area contributed by atoms with E-state index in [1.165, 1.54) is 5.56 Å². The molecule has 0 spiro atoms. The van der Waals surface area contributed by atoms with Gasteiger partial charge in [-0.05, 0) is 30.5 Å². The molecule has 0 aromatic heterocycles. The standard InChI is InChI=1S/C15H20ClNO2S/c16-13-6-4-11(5-7-13)9-20-10-15(19)17-8-12-2-1-3-14(12)18/h4-7,12,14,18H,1-3,8-10H2,(H,17,19). The van der Waals surface area contributed by atoms with Crippen LogP contribution in [0.5, 0.6) is 0 Å². The second-order valence-corrected chi connectivity index (χ2v) is 6.60. The van der Waals surface area contributed by atoms with Crippen LogP contribution < -0.4 is 5.32 Å². The lowest BCUT2D eigenvalue weighted by molar-refractivity contribution is -0.118. The van der Waals surface area contributed by atoms with Crippen molar-refractivity contribution in [2.75, 3.05) is 12.3 Å². The van der Waals surface area contributed by atoms with Crippen LogP contribution in [0.4, 0.5) is 0 Å². The van der Waals surface area contributed by atoms with Gasteiger partial charge in [-0.2, -0.15) is 0 Å². The van der Waals surface area contributed by atoms with Crippen molar-refractivity contribution < 1.29 is 9.90 Å². The number of rotatable bonds is 6. The maximum atomic E-state index is 11.7. The third-order valence-electron chi connectivity index (χ3n) is 3.60. The first-order valence-electron chi connectivity index (χ1n) is 6.92. The summed E-state index contributed by atoms with van der Waals surface area (Å²) in [5.74, 6) is 1.53. The first-order chi connectivity index (χ1) is 9.65. The lowest BCUT2D eigenvalue weighted by Crippen LogP contribution is -2.33. The zero-order chi connectivity index (χ0) is 14.4. The van der Waals surface area contributed by atoms with Crippen molar-refractivity contribution in [3.8, 4) is 0 Å². The summed E-state index contributed by atoms with van der Waals surface area (Å²) < 4.78 is 0. The van der Waals surface area contributed by atoms with Gasteiger partial charge in [0.2, 0.25) is 5.91 Å². The molecular weight excluding hydrogens is 294 g/mol. The maximum Gasteiger partial charge on any atom is 0.230 e. The molecule has 2 rings (SSSR count). The van der Waals surface area contributed by atoms with Crippen molar-refractivity contribution in [3.05, 3.63) is 34.9 Å². The molecule has 0 bridgehead atoms. The van der Waals surface area contributed by atoms with E-state index in [4.69, 9.17) is 11.6 Å². The van der Waals surface area contributed by atoms with E-state index in [0.29, 0.717) is 12.3 Å². The number of aliphatic hydroxyl groups excluding tert-OH is 1. The molecule has 1 fully saturated rings. The van der Waals surface area contributed by atoms with Crippen LogP contribution in [0, 0.1) is 5.92 Å². The largest absolute Gasteiger partial charge is 0.393 e. The number of amides is 1. The van der Waals surface area contributed by atoms with Gasteiger partial charge in [-0.25, -0.2) is 0 Å². The Morgan fingerprint density at radius 2 is 2.10 bits per heavy atom. The molecule has 2 N–H and O–H groups in total. The summed E-state index contributed by atoms with van der Waals surface area (Å²) >= 11 is 7.41. The summed E-state index contributed by atoms with van der Waals surface area (Å²) in [6, 6.07) is 7.67. The number of nitrogens with one attached hydrogen (secondary N) is 1. The monoisotopic (exact) mass is 313 g/mol. The summed E-state index contributed by atoms with van der Waals surface area (Å²) in [4.78, 5) is 11.7. The van der Waals surface area contributed by atoms with Gasteiger partial charge in [-0.15, -0.1) is 11.8 Å². The maximum absolute atomic E-state index is 11.7. The topological polar surface area (TPSA) is 49.3 Å². The van der Waals surface area contributed by atoms with Crippen molar-refractivity contribution in [2.45, 2.75) is 31.1 Å². The fourth-order valence-electron chi connectivity index (χ4n) is 2.39. The fourth-order valence-corrected chi connectivity index (χ4v) is 3.34. The van der Waals surface area contributed by atoms with Crippen LogP contribution in [-0.4, -0.2) is 29.4 Å². The molecule has 1 amide bonds. The minimum atomic E-state index is -0.239. The highest BCUT2D eigenvalue weighted by Crippen LogP contribution is 2.24. The molecule has 20 heavy (non-hydrogen) atoms. The molecule has 1 aromatic carbocycles. The van der Waals surface area contributed by atoms with Gasteiger partial charge in [0.15, 0.2) is 0 Å². The quantitative estimate of drug-likeness (QED) is 0.849. The molecular formula is C15H20ClNO2S. The lowest BCUT2D eigenvalue weighted by atomic mass is 10.1. The molecule has 5 heteroatoms. The van der Waals surface area contributed by atoms with Gasteiger partial charge in [-0.1, -0.05) is 30.2 Å². The smallest absolute Gasteiger partial charge is 0.230 e. The van der Waals surface area contributed by atoms with E-state index in [2.05, 4.69) is 5.32 Å². The first kappa shape index (κ1) is 15.7.